The molecule has 0 saturated carbocycles. The molecular weight excluding hydrogens is 244 g/mol. The van der Waals surface area contributed by atoms with Crippen LogP contribution in [0.1, 0.15) is 41.6 Å². The Balaban J connectivity index is 1.95. The Hall–Kier alpha value is -1.48. The van der Waals surface area contributed by atoms with Crippen LogP contribution in [0.15, 0.2) is 45.7 Å². The summed E-state index contributed by atoms with van der Waals surface area (Å²) >= 11 is 1.71. The summed E-state index contributed by atoms with van der Waals surface area (Å²) < 4.78 is 5.33. The van der Waals surface area contributed by atoms with Crippen molar-refractivity contribution in [1.82, 2.24) is 0 Å². The summed E-state index contributed by atoms with van der Waals surface area (Å²) in [5, 5.41) is 0. The third-order valence-corrected chi connectivity index (χ3v) is 3.76. The van der Waals surface area contributed by atoms with Gasteiger partial charge in [0.25, 0.3) is 0 Å². The maximum absolute atomic E-state index is 10.5. The number of thioether (sulfide) groups is 1. The van der Waals surface area contributed by atoms with E-state index in [1.807, 2.05) is 6.07 Å². The molecule has 0 saturated heterocycles. The molecule has 2 aromatic rings. The molecule has 0 aliphatic carbocycles. The van der Waals surface area contributed by atoms with Gasteiger partial charge in [-0.25, -0.2) is 0 Å². The fourth-order valence-corrected chi connectivity index (χ4v) is 2.43. The number of carbonyl (C=O) groups is 1. The van der Waals surface area contributed by atoms with E-state index in [0.29, 0.717) is 11.7 Å². The summed E-state index contributed by atoms with van der Waals surface area (Å²) in [5.74, 6) is 2.52. The molecule has 2 rings (SSSR count). The lowest BCUT2D eigenvalue weighted by Crippen LogP contribution is -1.86. The van der Waals surface area contributed by atoms with Crippen LogP contribution in [0.2, 0.25) is 0 Å². The first kappa shape index (κ1) is 13.0. The van der Waals surface area contributed by atoms with Crippen molar-refractivity contribution in [1.29, 1.82) is 0 Å². The number of benzene rings is 1. The lowest BCUT2D eigenvalue weighted by molar-refractivity contribution is 0.109. The van der Waals surface area contributed by atoms with Crippen LogP contribution in [-0.2, 0) is 5.75 Å². The van der Waals surface area contributed by atoms with Gasteiger partial charge in [0.05, 0.1) is 5.75 Å². The van der Waals surface area contributed by atoms with Crippen LogP contribution >= 0.6 is 11.8 Å². The molecule has 3 heteroatoms. The van der Waals surface area contributed by atoms with E-state index in [-0.39, 0.29) is 0 Å². The highest BCUT2D eigenvalue weighted by atomic mass is 32.2. The molecule has 0 unspecified atom stereocenters. The number of hydrogen-bond donors (Lipinski definition) is 0. The van der Waals surface area contributed by atoms with Gasteiger partial charge < -0.3 is 4.42 Å². The zero-order valence-electron chi connectivity index (χ0n) is 10.6. The second-order valence-electron chi connectivity index (χ2n) is 4.43. The smallest absolute Gasteiger partial charge is 0.185 e. The molecule has 1 aromatic carbocycles. The van der Waals surface area contributed by atoms with E-state index < -0.39 is 0 Å². The fraction of sp³-hybridized carbons (Fsp3) is 0.267. The minimum atomic E-state index is 0.390. The van der Waals surface area contributed by atoms with Crippen LogP contribution in [0.3, 0.4) is 0 Å². The molecule has 2 nitrogen and oxygen atoms in total. The van der Waals surface area contributed by atoms with Crippen LogP contribution in [0.5, 0.6) is 0 Å². The Labute approximate surface area is 111 Å². The van der Waals surface area contributed by atoms with Crippen molar-refractivity contribution in [2.75, 3.05) is 0 Å². The lowest BCUT2D eigenvalue weighted by Gasteiger charge is -2.06. The van der Waals surface area contributed by atoms with Gasteiger partial charge in [-0.2, -0.15) is 0 Å². The van der Waals surface area contributed by atoms with Crippen molar-refractivity contribution >= 4 is 18.0 Å². The highest BCUT2D eigenvalue weighted by molar-refractivity contribution is 7.98. The van der Waals surface area contributed by atoms with Gasteiger partial charge in [0.15, 0.2) is 12.0 Å². The molecular formula is C15H16O2S. The summed E-state index contributed by atoms with van der Waals surface area (Å²) in [5.41, 5.74) is 1.35. The molecule has 0 amide bonds. The van der Waals surface area contributed by atoms with Gasteiger partial charge in [0, 0.05) is 4.90 Å². The zero-order chi connectivity index (χ0) is 13.0. The molecule has 94 valence electrons. The van der Waals surface area contributed by atoms with Crippen molar-refractivity contribution < 1.29 is 9.21 Å². The van der Waals surface area contributed by atoms with Gasteiger partial charge in [0.2, 0.25) is 0 Å². The fourth-order valence-electron chi connectivity index (χ4n) is 1.64. The Morgan fingerprint density at radius 2 is 1.89 bits per heavy atom. The molecule has 1 heterocycles. The van der Waals surface area contributed by atoms with Crippen molar-refractivity contribution in [3.63, 3.8) is 0 Å². The number of furan rings is 1. The average molecular weight is 260 g/mol. The lowest BCUT2D eigenvalue weighted by atomic mass is 10.0. The van der Waals surface area contributed by atoms with E-state index in [0.717, 1.165) is 17.8 Å². The predicted octanol–water partition coefficient (Wildman–Crippen LogP) is 4.51. The highest BCUT2D eigenvalue weighted by Gasteiger charge is 2.03. The van der Waals surface area contributed by atoms with E-state index in [2.05, 4.69) is 38.1 Å². The van der Waals surface area contributed by atoms with Gasteiger partial charge in [-0.05, 0) is 35.7 Å². The second kappa shape index (κ2) is 5.91. The van der Waals surface area contributed by atoms with E-state index in [9.17, 15) is 4.79 Å². The Bertz CT molecular complexity index is 512. The molecule has 0 radical (unpaired) electrons. The maximum atomic E-state index is 10.5. The first-order chi connectivity index (χ1) is 8.69. The van der Waals surface area contributed by atoms with Gasteiger partial charge in [-0.15, -0.1) is 11.8 Å². The van der Waals surface area contributed by atoms with E-state index >= 15 is 0 Å². The number of rotatable bonds is 5. The standard InChI is InChI=1S/C15H16O2S/c1-11(2)12-3-7-15(8-4-12)18-10-14-6-5-13(9-16)17-14/h3-9,11H,10H2,1-2H3. The minimum Gasteiger partial charge on any atom is -0.457 e. The maximum Gasteiger partial charge on any atom is 0.185 e. The van der Waals surface area contributed by atoms with Crippen LogP contribution in [0, 0.1) is 0 Å². The zero-order valence-corrected chi connectivity index (χ0v) is 11.4. The monoisotopic (exact) mass is 260 g/mol. The molecule has 0 spiro atoms. The average Bonchev–Trinajstić information content (AvgIpc) is 2.85. The number of aldehydes is 1. The molecule has 0 aliphatic heterocycles. The van der Waals surface area contributed by atoms with E-state index in [1.54, 1.807) is 17.8 Å². The normalized spacial score (nSPS) is 10.8. The van der Waals surface area contributed by atoms with Crippen molar-refractivity contribution in [2.24, 2.45) is 0 Å². The minimum absolute atomic E-state index is 0.390. The van der Waals surface area contributed by atoms with E-state index in [4.69, 9.17) is 4.42 Å². The van der Waals surface area contributed by atoms with Gasteiger partial charge in [0.1, 0.15) is 5.76 Å². The summed E-state index contributed by atoms with van der Waals surface area (Å²) in [6.07, 6.45) is 0.728. The molecule has 0 atom stereocenters. The summed E-state index contributed by atoms with van der Waals surface area (Å²) in [6, 6.07) is 12.1. The summed E-state index contributed by atoms with van der Waals surface area (Å²) in [6.45, 7) is 4.37. The van der Waals surface area contributed by atoms with Gasteiger partial charge in [-0.3, -0.25) is 4.79 Å². The summed E-state index contributed by atoms with van der Waals surface area (Å²) in [4.78, 5) is 11.7. The van der Waals surface area contributed by atoms with Gasteiger partial charge >= 0.3 is 0 Å². The molecule has 0 bridgehead atoms. The van der Waals surface area contributed by atoms with Crippen molar-refractivity contribution in [3.8, 4) is 0 Å². The first-order valence-electron chi connectivity index (χ1n) is 5.95. The molecule has 1 aromatic heterocycles. The Morgan fingerprint density at radius 3 is 2.44 bits per heavy atom. The quantitative estimate of drug-likeness (QED) is 0.585. The Morgan fingerprint density at radius 1 is 1.17 bits per heavy atom. The second-order valence-corrected chi connectivity index (χ2v) is 5.48. The highest BCUT2D eigenvalue weighted by Crippen LogP contribution is 2.25. The van der Waals surface area contributed by atoms with Crippen LogP contribution in [0.25, 0.3) is 0 Å². The third kappa shape index (κ3) is 3.26. The summed E-state index contributed by atoms with van der Waals surface area (Å²) in [7, 11) is 0. The number of carbonyl (C=O) groups excluding carboxylic acids is 1. The van der Waals surface area contributed by atoms with Crippen LogP contribution < -0.4 is 0 Å². The largest absolute Gasteiger partial charge is 0.457 e. The molecule has 0 fully saturated rings. The SMILES string of the molecule is CC(C)c1ccc(SCc2ccc(C=O)o2)cc1. The molecule has 18 heavy (non-hydrogen) atoms. The Kier molecular flexibility index (Phi) is 4.26. The topological polar surface area (TPSA) is 30.2 Å². The van der Waals surface area contributed by atoms with Crippen molar-refractivity contribution in [3.05, 3.63) is 53.5 Å². The molecule has 0 N–H and O–H groups in total. The first-order valence-corrected chi connectivity index (χ1v) is 6.94. The number of hydrogen-bond acceptors (Lipinski definition) is 3. The van der Waals surface area contributed by atoms with Gasteiger partial charge in [-0.1, -0.05) is 26.0 Å². The van der Waals surface area contributed by atoms with Crippen LogP contribution in [-0.4, -0.2) is 6.29 Å². The van der Waals surface area contributed by atoms with Crippen LogP contribution in [0.4, 0.5) is 0 Å². The molecule has 0 aliphatic rings. The predicted molar refractivity (Wildman–Crippen MR) is 74.2 cm³/mol. The third-order valence-electron chi connectivity index (χ3n) is 2.73. The van der Waals surface area contributed by atoms with Crippen molar-refractivity contribution in [2.45, 2.75) is 30.4 Å². The van der Waals surface area contributed by atoms with E-state index in [1.165, 1.54) is 10.5 Å².